The average Bonchev–Trinajstić information content (AvgIpc) is 2.89. The molecular formula is C12H20O. The first-order chi connectivity index (χ1) is 6.26. The molecule has 1 nitrogen and oxygen atoms in total. The summed E-state index contributed by atoms with van der Waals surface area (Å²) in [5.41, 5.74) is -0.220. The van der Waals surface area contributed by atoms with Crippen molar-refractivity contribution in [2.24, 2.45) is 17.8 Å². The summed E-state index contributed by atoms with van der Waals surface area (Å²) in [6.45, 7) is 0. The van der Waals surface area contributed by atoms with Crippen LogP contribution in [0.3, 0.4) is 0 Å². The lowest BCUT2D eigenvalue weighted by Crippen LogP contribution is -2.47. The third kappa shape index (κ3) is 1.41. The maximum atomic E-state index is 10.6. The largest absolute Gasteiger partial charge is 0.390 e. The predicted molar refractivity (Wildman–Crippen MR) is 52.4 cm³/mol. The fourth-order valence-corrected chi connectivity index (χ4v) is 3.64. The molecular weight excluding hydrogens is 160 g/mol. The van der Waals surface area contributed by atoms with Crippen LogP contribution in [0.4, 0.5) is 0 Å². The van der Waals surface area contributed by atoms with Crippen LogP contribution in [0.1, 0.15) is 51.4 Å². The fourth-order valence-electron chi connectivity index (χ4n) is 3.64. The molecule has 4 aliphatic carbocycles. The van der Waals surface area contributed by atoms with Crippen molar-refractivity contribution >= 4 is 0 Å². The molecule has 0 heterocycles. The highest BCUT2D eigenvalue weighted by molar-refractivity contribution is 4.99. The van der Waals surface area contributed by atoms with Gasteiger partial charge in [0.1, 0.15) is 0 Å². The number of fused-ring (bicyclic) bond motifs is 3. The predicted octanol–water partition coefficient (Wildman–Crippen LogP) is 2.73. The second-order valence-corrected chi connectivity index (χ2v) is 5.67. The third-order valence-corrected chi connectivity index (χ3v) is 4.59. The van der Waals surface area contributed by atoms with E-state index in [1.807, 2.05) is 0 Å². The van der Waals surface area contributed by atoms with Crippen molar-refractivity contribution in [3.63, 3.8) is 0 Å². The number of hydrogen-bond acceptors (Lipinski definition) is 1. The quantitative estimate of drug-likeness (QED) is 0.692. The summed E-state index contributed by atoms with van der Waals surface area (Å²) in [4.78, 5) is 0. The van der Waals surface area contributed by atoms with Crippen molar-refractivity contribution in [2.75, 3.05) is 0 Å². The molecule has 4 saturated carbocycles. The highest BCUT2D eigenvalue weighted by atomic mass is 16.3. The van der Waals surface area contributed by atoms with Gasteiger partial charge in [-0.2, -0.15) is 0 Å². The summed E-state index contributed by atoms with van der Waals surface area (Å²) in [6.07, 6.45) is 10.5. The molecule has 1 N–H and O–H groups in total. The van der Waals surface area contributed by atoms with Crippen LogP contribution in [-0.4, -0.2) is 10.7 Å². The Kier molecular flexibility index (Phi) is 1.74. The molecule has 2 bridgehead atoms. The van der Waals surface area contributed by atoms with Gasteiger partial charge in [-0.15, -0.1) is 0 Å². The van der Waals surface area contributed by atoms with Crippen LogP contribution in [0.5, 0.6) is 0 Å². The van der Waals surface area contributed by atoms with Crippen LogP contribution >= 0.6 is 0 Å². The van der Waals surface area contributed by atoms with E-state index < -0.39 is 0 Å². The first-order valence-corrected chi connectivity index (χ1v) is 5.99. The molecule has 0 spiro atoms. The number of hydrogen-bond donors (Lipinski definition) is 1. The zero-order valence-electron chi connectivity index (χ0n) is 8.34. The Hall–Kier alpha value is -0.0400. The lowest BCUT2D eigenvalue weighted by atomic mass is 9.60. The van der Waals surface area contributed by atoms with E-state index in [2.05, 4.69) is 0 Å². The summed E-state index contributed by atoms with van der Waals surface area (Å²) < 4.78 is 0. The molecule has 0 aromatic rings. The average molecular weight is 180 g/mol. The summed E-state index contributed by atoms with van der Waals surface area (Å²) in [5, 5.41) is 10.6. The maximum Gasteiger partial charge on any atom is 0.0681 e. The van der Waals surface area contributed by atoms with E-state index in [4.69, 9.17) is 0 Å². The van der Waals surface area contributed by atoms with E-state index >= 15 is 0 Å². The maximum absolute atomic E-state index is 10.6. The molecule has 4 rings (SSSR count). The van der Waals surface area contributed by atoms with Gasteiger partial charge >= 0.3 is 0 Å². The Labute approximate surface area is 80.5 Å². The van der Waals surface area contributed by atoms with Gasteiger partial charge in [0.25, 0.3) is 0 Å². The Morgan fingerprint density at radius 2 is 1.69 bits per heavy atom. The third-order valence-electron chi connectivity index (χ3n) is 4.59. The summed E-state index contributed by atoms with van der Waals surface area (Å²) in [6, 6.07) is 0. The van der Waals surface area contributed by atoms with Gasteiger partial charge in [0.2, 0.25) is 0 Å². The highest BCUT2D eigenvalue weighted by Crippen LogP contribution is 2.52. The van der Waals surface area contributed by atoms with Crippen molar-refractivity contribution in [1.29, 1.82) is 0 Å². The minimum absolute atomic E-state index is 0.220. The highest BCUT2D eigenvalue weighted by Gasteiger charge is 2.48. The van der Waals surface area contributed by atoms with Crippen molar-refractivity contribution in [1.82, 2.24) is 0 Å². The van der Waals surface area contributed by atoms with Crippen LogP contribution in [0.15, 0.2) is 0 Å². The molecule has 0 aliphatic heterocycles. The fraction of sp³-hybridized carbons (Fsp3) is 1.00. The van der Waals surface area contributed by atoms with E-state index in [1.165, 1.54) is 38.5 Å². The van der Waals surface area contributed by atoms with Gasteiger partial charge in [-0.3, -0.25) is 0 Å². The second-order valence-electron chi connectivity index (χ2n) is 5.67. The summed E-state index contributed by atoms with van der Waals surface area (Å²) in [5.74, 6) is 2.43. The molecule has 1 atom stereocenters. The Morgan fingerprint density at radius 3 is 2.15 bits per heavy atom. The number of rotatable bonds is 2. The molecule has 74 valence electrons. The number of aliphatic hydroxyl groups is 1. The van der Waals surface area contributed by atoms with Crippen molar-refractivity contribution < 1.29 is 5.11 Å². The van der Waals surface area contributed by atoms with Crippen molar-refractivity contribution in [2.45, 2.75) is 57.0 Å². The molecule has 0 aromatic carbocycles. The normalized spacial score (nSPS) is 49.6. The lowest BCUT2D eigenvalue weighted by molar-refractivity contribution is -0.105. The van der Waals surface area contributed by atoms with Gasteiger partial charge < -0.3 is 5.11 Å². The lowest BCUT2D eigenvalue weighted by Gasteiger charge is -2.49. The monoisotopic (exact) mass is 180 g/mol. The summed E-state index contributed by atoms with van der Waals surface area (Å²) >= 11 is 0. The van der Waals surface area contributed by atoms with E-state index in [1.54, 1.807) is 0 Å². The minimum Gasteiger partial charge on any atom is -0.390 e. The first-order valence-electron chi connectivity index (χ1n) is 5.99. The Balaban J connectivity index is 1.73. The zero-order chi connectivity index (χ0) is 8.89. The van der Waals surface area contributed by atoms with Crippen LogP contribution < -0.4 is 0 Å². The van der Waals surface area contributed by atoms with E-state index in [0.717, 1.165) is 24.7 Å². The van der Waals surface area contributed by atoms with Gasteiger partial charge in [0.15, 0.2) is 0 Å². The van der Waals surface area contributed by atoms with Gasteiger partial charge in [-0.05, 0) is 56.3 Å². The SMILES string of the molecule is OC1(CC2CC2)CC2CCC1CC2. The van der Waals surface area contributed by atoms with Gasteiger partial charge in [-0.25, -0.2) is 0 Å². The standard InChI is InChI=1S/C12H20O/c13-12(7-9-1-2-9)8-10-3-5-11(12)6-4-10/h9-11,13H,1-8H2. The zero-order valence-corrected chi connectivity index (χ0v) is 8.34. The smallest absolute Gasteiger partial charge is 0.0681 e. The van der Waals surface area contributed by atoms with Gasteiger partial charge in [0.05, 0.1) is 5.60 Å². The molecule has 0 aromatic heterocycles. The minimum atomic E-state index is -0.220. The summed E-state index contributed by atoms with van der Waals surface area (Å²) in [7, 11) is 0. The van der Waals surface area contributed by atoms with Gasteiger partial charge in [0, 0.05) is 0 Å². The molecule has 0 saturated heterocycles. The van der Waals surface area contributed by atoms with Crippen molar-refractivity contribution in [3.05, 3.63) is 0 Å². The van der Waals surface area contributed by atoms with Crippen LogP contribution in [0.25, 0.3) is 0 Å². The molecule has 4 aliphatic rings. The van der Waals surface area contributed by atoms with Crippen LogP contribution in [0.2, 0.25) is 0 Å². The van der Waals surface area contributed by atoms with Crippen molar-refractivity contribution in [3.8, 4) is 0 Å². The molecule has 1 heteroatoms. The first kappa shape index (κ1) is 8.28. The topological polar surface area (TPSA) is 20.2 Å². The van der Waals surface area contributed by atoms with Gasteiger partial charge in [-0.1, -0.05) is 12.8 Å². The molecule has 0 amide bonds. The Bertz CT molecular complexity index is 197. The van der Waals surface area contributed by atoms with E-state index in [0.29, 0.717) is 5.92 Å². The molecule has 0 radical (unpaired) electrons. The molecule has 4 fully saturated rings. The molecule has 1 unspecified atom stereocenters. The molecule has 13 heavy (non-hydrogen) atoms. The second kappa shape index (κ2) is 2.73. The van der Waals surface area contributed by atoms with Crippen LogP contribution in [0, 0.1) is 17.8 Å². The van der Waals surface area contributed by atoms with Crippen LogP contribution in [-0.2, 0) is 0 Å². The Morgan fingerprint density at radius 1 is 1.00 bits per heavy atom. The van der Waals surface area contributed by atoms with E-state index in [9.17, 15) is 5.11 Å². The van der Waals surface area contributed by atoms with E-state index in [-0.39, 0.29) is 5.60 Å².